The standard InChI is InChI=1S/C36H33BrO2/c1-24(37)22-34-25(2)32-8-6-7-9-33(32)36(34,28-14-12-27(13-15-28)35(3,4)5)29-16-20-31(21-17-29)39-30-18-10-26(23-38)11-19-30/h6-23H,1-5H3/b24-22+. The van der Waals surface area contributed by atoms with Crippen LogP contribution < -0.4 is 4.74 Å². The number of hydrogen-bond donors (Lipinski definition) is 0. The summed E-state index contributed by atoms with van der Waals surface area (Å²) in [6.45, 7) is 11.1. The summed E-state index contributed by atoms with van der Waals surface area (Å²) in [4.78, 5) is 11.0. The van der Waals surface area contributed by atoms with Crippen LogP contribution in [0.5, 0.6) is 11.5 Å². The summed E-state index contributed by atoms with van der Waals surface area (Å²) in [5.74, 6) is 1.44. The van der Waals surface area contributed by atoms with Gasteiger partial charge in [-0.05, 0) is 105 Å². The molecule has 0 spiro atoms. The third-order valence-corrected chi connectivity index (χ3v) is 7.84. The summed E-state index contributed by atoms with van der Waals surface area (Å²) >= 11 is 3.74. The number of ether oxygens (including phenoxy) is 1. The number of aldehydes is 1. The van der Waals surface area contributed by atoms with Crippen LogP contribution in [-0.4, -0.2) is 6.29 Å². The van der Waals surface area contributed by atoms with Crippen molar-refractivity contribution in [3.05, 3.63) is 147 Å². The Morgan fingerprint density at radius 3 is 1.87 bits per heavy atom. The van der Waals surface area contributed by atoms with Crippen molar-refractivity contribution >= 4 is 27.8 Å². The lowest BCUT2D eigenvalue weighted by atomic mass is 9.66. The highest BCUT2D eigenvalue weighted by atomic mass is 79.9. The molecule has 1 aliphatic carbocycles. The van der Waals surface area contributed by atoms with Crippen molar-refractivity contribution in [2.75, 3.05) is 0 Å². The fourth-order valence-electron chi connectivity index (χ4n) is 5.66. The van der Waals surface area contributed by atoms with Crippen molar-refractivity contribution in [2.24, 2.45) is 0 Å². The van der Waals surface area contributed by atoms with Crippen LogP contribution in [0.4, 0.5) is 0 Å². The second kappa shape index (κ2) is 10.5. The fourth-order valence-corrected chi connectivity index (χ4v) is 5.89. The van der Waals surface area contributed by atoms with Gasteiger partial charge >= 0.3 is 0 Å². The predicted molar refractivity (Wildman–Crippen MR) is 165 cm³/mol. The lowest BCUT2D eigenvalue weighted by molar-refractivity contribution is 0.112. The molecule has 0 bridgehead atoms. The van der Waals surface area contributed by atoms with Crippen LogP contribution in [0.15, 0.2) is 113 Å². The maximum Gasteiger partial charge on any atom is 0.150 e. The Kier molecular flexibility index (Phi) is 7.22. The van der Waals surface area contributed by atoms with Gasteiger partial charge in [0.2, 0.25) is 0 Å². The van der Waals surface area contributed by atoms with Gasteiger partial charge in [-0.1, -0.05) is 97.4 Å². The molecule has 0 radical (unpaired) electrons. The summed E-state index contributed by atoms with van der Waals surface area (Å²) in [6.07, 6.45) is 3.10. The van der Waals surface area contributed by atoms with E-state index in [9.17, 15) is 4.79 Å². The van der Waals surface area contributed by atoms with Crippen LogP contribution in [0, 0.1) is 0 Å². The Balaban J connectivity index is 1.69. The predicted octanol–water partition coefficient (Wildman–Crippen LogP) is 10.0. The molecule has 39 heavy (non-hydrogen) atoms. The molecule has 5 rings (SSSR count). The summed E-state index contributed by atoms with van der Waals surface area (Å²) in [7, 11) is 0. The van der Waals surface area contributed by atoms with Crippen molar-refractivity contribution in [1.82, 2.24) is 0 Å². The maximum atomic E-state index is 11.0. The molecule has 3 heteroatoms. The van der Waals surface area contributed by atoms with E-state index >= 15 is 0 Å². The van der Waals surface area contributed by atoms with E-state index in [0.717, 1.165) is 16.5 Å². The van der Waals surface area contributed by atoms with E-state index in [4.69, 9.17) is 4.74 Å². The van der Waals surface area contributed by atoms with E-state index in [1.165, 1.54) is 39.0 Å². The first-order valence-corrected chi connectivity index (χ1v) is 14.0. The molecule has 2 nitrogen and oxygen atoms in total. The summed E-state index contributed by atoms with van der Waals surface area (Å²) in [5, 5.41) is 0. The molecule has 0 fully saturated rings. The van der Waals surface area contributed by atoms with Gasteiger partial charge in [-0.15, -0.1) is 0 Å². The maximum absolute atomic E-state index is 11.0. The van der Waals surface area contributed by atoms with Gasteiger partial charge in [-0.3, -0.25) is 4.79 Å². The number of hydrogen-bond acceptors (Lipinski definition) is 2. The van der Waals surface area contributed by atoms with Gasteiger partial charge in [-0.25, -0.2) is 0 Å². The number of benzene rings is 4. The number of halogens is 1. The third kappa shape index (κ3) is 4.92. The largest absolute Gasteiger partial charge is 0.457 e. The smallest absolute Gasteiger partial charge is 0.150 e. The Bertz CT molecular complexity index is 1560. The van der Waals surface area contributed by atoms with Crippen molar-refractivity contribution in [1.29, 1.82) is 0 Å². The van der Waals surface area contributed by atoms with Crippen LogP contribution in [-0.2, 0) is 10.8 Å². The van der Waals surface area contributed by atoms with E-state index < -0.39 is 5.41 Å². The van der Waals surface area contributed by atoms with Crippen LogP contribution in [0.3, 0.4) is 0 Å². The highest BCUT2D eigenvalue weighted by Crippen LogP contribution is 2.55. The Morgan fingerprint density at radius 2 is 1.33 bits per heavy atom. The zero-order valence-corrected chi connectivity index (χ0v) is 24.7. The number of allylic oxidation sites excluding steroid dienone is 4. The first-order chi connectivity index (χ1) is 18.6. The summed E-state index contributed by atoms with van der Waals surface area (Å²) in [6, 6.07) is 33.5. The molecule has 1 atom stereocenters. The van der Waals surface area contributed by atoms with Crippen molar-refractivity contribution in [3.8, 4) is 11.5 Å². The Morgan fingerprint density at radius 1 is 0.795 bits per heavy atom. The lowest BCUT2D eigenvalue weighted by Crippen LogP contribution is -2.29. The minimum absolute atomic E-state index is 0.0725. The first kappa shape index (κ1) is 26.9. The van der Waals surface area contributed by atoms with E-state index in [2.05, 4.69) is 117 Å². The summed E-state index contributed by atoms with van der Waals surface area (Å²) < 4.78 is 7.20. The van der Waals surface area contributed by atoms with Gasteiger partial charge in [0.25, 0.3) is 0 Å². The van der Waals surface area contributed by atoms with Crippen molar-refractivity contribution in [3.63, 3.8) is 0 Å². The number of carbonyl (C=O) groups is 1. The lowest BCUT2D eigenvalue weighted by Gasteiger charge is -2.35. The van der Waals surface area contributed by atoms with Gasteiger partial charge < -0.3 is 4.74 Å². The normalized spacial score (nSPS) is 17.2. The molecule has 0 saturated carbocycles. The van der Waals surface area contributed by atoms with Gasteiger partial charge in [0.1, 0.15) is 17.8 Å². The van der Waals surface area contributed by atoms with Crippen LogP contribution in [0.1, 0.15) is 72.8 Å². The number of rotatable bonds is 6. The van der Waals surface area contributed by atoms with Crippen LogP contribution >= 0.6 is 15.9 Å². The van der Waals surface area contributed by atoms with E-state index in [-0.39, 0.29) is 5.41 Å². The first-order valence-electron chi connectivity index (χ1n) is 13.2. The quantitative estimate of drug-likeness (QED) is 0.213. The monoisotopic (exact) mass is 576 g/mol. The molecule has 0 heterocycles. The Hall–Kier alpha value is -3.69. The molecule has 4 aromatic rings. The molecular weight excluding hydrogens is 544 g/mol. The fraction of sp³-hybridized carbons (Fsp3) is 0.194. The average molecular weight is 578 g/mol. The highest BCUT2D eigenvalue weighted by Gasteiger charge is 2.46. The number of fused-ring (bicyclic) bond motifs is 1. The highest BCUT2D eigenvalue weighted by molar-refractivity contribution is 9.11. The minimum Gasteiger partial charge on any atom is -0.457 e. The molecular formula is C36H33BrO2. The van der Waals surface area contributed by atoms with Crippen molar-refractivity contribution < 1.29 is 9.53 Å². The van der Waals surface area contributed by atoms with Gasteiger partial charge in [0.05, 0.1) is 5.41 Å². The number of carbonyl (C=O) groups excluding carboxylic acids is 1. The van der Waals surface area contributed by atoms with E-state index in [0.29, 0.717) is 11.3 Å². The van der Waals surface area contributed by atoms with Gasteiger partial charge in [0.15, 0.2) is 0 Å². The molecule has 0 N–H and O–H groups in total. The average Bonchev–Trinajstić information content (AvgIpc) is 3.17. The molecule has 1 aliphatic rings. The molecule has 0 aliphatic heterocycles. The zero-order chi connectivity index (χ0) is 27.8. The van der Waals surface area contributed by atoms with Gasteiger partial charge in [-0.2, -0.15) is 0 Å². The topological polar surface area (TPSA) is 26.3 Å². The molecule has 0 amide bonds. The van der Waals surface area contributed by atoms with E-state index in [1.807, 2.05) is 24.3 Å². The van der Waals surface area contributed by atoms with Crippen molar-refractivity contribution in [2.45, 2.75) is 45.4 Å². The third-order valence-electron chi connectivity index (χ3n) is 7.61. The molecule has 0 saturated heterocycles. The SMILES string of the molecule is CC1=C(/C=C(\C)Br)C(c2ccc(Oc3ccc(C=O)cc3)cc2)(c2ccc(C(C)(C)C)cc2)c2ccccc21. The Labute approximate surface area is 240 Å². The minimum atomic E-state index is -0.476. The second-order valence-corrected chi connectivity index (χ2v) is 12.5. The zero-order valence-electron chi connectivity index (χ0n) is 23.1. The van der Waals surface area contributed by atoms with Gasteiger partial charge in [0, 0.05) is 5.56 Å². The molecule has 196 valence electrons. The van der Waals surface area contributed by atoms with E-state index in [1.54, 1.807) is 12.1 Å². The van der Waals surface area contributed by atoms with Crippen LogP contribution in [0.25, 0.3) is 5.57 Å². The second-order valence-electron chi connectivity index (χ2n) is 11.2. The summed E-state index contributed by atoms with van der Waals surface area (Å²) in [5.41, 5.74) is 9.04. The molecule has 1 unspecified atom stereocenters. The molecule has 4 aromatic carbocycles. The van der Waals surface area contributed by atoms with Crippen LogP contribution in [0.2, 0.25) is 0 Å². The molecule has 0 aromatic heterocycles.